The number of aryl methyl sites for hydroxylation is 5. The highest BCUT2D eigenvalue weighted by Gasteiger charge is 2.66. The number of rotatable bonds is 5. The molecule has 3 aliphatic rings. The average Bonchev–Trinajstić information content (AvgIpc) is 3.56. The number of Topliss-reactive ketones (excluding diaryl/α,β-unsaturated/α-hetero) is 2. The van der Waals surface area contributed by atoms with Gasteiger partial charge in [0.15, 0.2) is 11.6 Å². The summed E-state index contributed by atoms with van der Waals surface area (Å²) in [6.07, 6.45) is 14.0. The smallest absolute Gasteiger partial charge is 0.245 e. The van der Waals surface area contributed by atoms with Crippen molar-refractivity contribution in [3.8, 4) is 11.1 Å². The molecule has 0 radical (unpaired) electrons. The molecule has 4 bridgehead atoms. The van der Waals surface area contributed by atoms with Crippen molar-refractivity contribution in [2.24, 2.45) is 5.41 Å². The molecule has 54 heavy (non-hydrogen) atoms. The van der Waals surface area contributed by atoms with Crippen LogP contribution in [0.2, 0.25) is 0 Å². The topological polar surface area (TPSA) is 124 Å². The second-order valence-electron chi connectivity index (χ2n) is 15.6. The molecule has 11 heteroatoms. The summed E-state index contributed by atoms with van der Waals surface area (Å²) in [6.45, 7) is 5.29. The summed E-state index contributed by atoms with van der Waals surface area (Å²) < 4.78 is 2.41. The minimum absolute atomic E-state index is 0.00235. The molecule has 2 aliphatic heterocycles. The van der Waals surface area contributed by atoms with Crippen LogP contribution < -0.4 is 0 Å². The second-order valence-corrected chi connectivity index (χ2v) is 16.5. The second kappa shape index (κ2) is 14.9. The number of halogens is 1. The van der Waals surface area contributed by atoms with Crippen molar-refractivity contribution in [2.45, 2.75) is 116 Å². The Kier molecular flexibility index (Phi) is 10.0. The summed E-state index contributed by atoms with van der Waals surface area (Å²) in [5, 5.41) is 5.57. The molecule has 1 amide bonds. The molecule has 0 unspecified atom stereocenters. The van der Waals surface area contributed by atoms with Crippen molar-refractivity contribution in [1.29, 1.82) is 0 Å². The SMILES string of the molecule is CC(=O)c1nn2c3c(cc(-c4cnc(C)nc4)cc13)CCCCCCCc1cccc(n1)CC[C@@]13C[C@@H](C(=O)Cc4nc(Br)ccc4C)N(C(=O)C2)[C@@H]1C3. The van der Waals surface area contributed by atoms with E-state index < -0.39 is 6.04 Å². The van der Waals surface area contributed by atoms with Gasteiger partial charge in [-0.2, -0.15) is 5.10 Å². The number of carbonyl (C=O) groups excluding carboxylic acids is 3. The quantitative estimate of drug-likeness (QED) is 0.131. The van der Waals surface area contributed by atoms with Gasteiger partial charge in [-0.3, -0.25) is 24.0 Å². The van der Waals surface area contributed by atoms with E-state index in [2.05, 4.69) is 55.1 Å². The molecular weight excluding hydrogens is 742 g/mol. The molecule has 0 spiro atoms. The minimum atomic E-state index is -0.563. The molecule has 3 atom stereocenters. The van der Waals surface area contributed by atoms with Gasteiger partial charge in [0.2, 0.25) is 5.91 Å². The number of pyridine rings is 2. The Bertz CT molecular complexity index is 2270. The van der Waals surface area contributed by atoms with Crippen LogP contribution in [0.1, 0.15) is 103 Å². The molecule has 1 aromatic carbocycles. The van der Waals surface area contributed by atoms with Crippen LogP contribution in [0.5, 0.6) is 0 Å². The Morgan fingerprint density at radius 3 is 2.41 bits per heavy atom. The molecule has 1 saturated carbocycles. The third-order valence-electron chi connectivity index (χ3n) is 11.9. The highest BCUT2D eigenvalue weighted by molar-refractivity contribution is 9.10. The molecule has 2 fully saturated rings. The fraction of sp³-hybridized carbons (Fsp3) is 0.442. The Morgan fingerprint density at radius 2 is 1.63 bits per heavy atom. The molecule has 4 aromatic heterocycles. The standard InChI is InChI=1S/C43H46BrN7O3/c1-26-14-15-39(44)48-35(26)20-37(53)36-21-43-17-16-33-13-9-12-32(47-33)11-8-6-4-5-7-10-29-18-30(31-23-45-28(3)46-24-31)19-34-41(27(2)52)49-50(42(29)34)25-40(54)51(36)38(43)22-43/h9,12-15,18-19,23-24,36,38H,4-8,10-11,16-17,20-22,25H2,1-3H3/t36-,38+,43-/m0/s1. The van der Waals surface area contributed by atoms with E-state index in [0.29, 0.717) is 22.5 Å². The highest BCUT2D eigenvalue weighted by Crippen LogP contribution is 2.62. The van der Waals surface area contributed by atoms with Crippen LogP contribution >= 0.6 is 15.9 Å². The summed E-state index contributed by atoms with van der Waals surface area (Å²) in [5.74, 6) is 0.381. The Morgan fingerprint density at radius 1 is 0.889 bits per heavy atom. The van der Waals surface area contributed by atoms with E-state index >= 15 is 0 Å². The normalized spacial score (nSPS) is 21.9. The summed E-state index contributed by atoms with van der Waals surface area (Å²) in [7, 11) is 0. The molecule has 5 aromatic rings. The van der Waals surface area contributed by atoms with Crippen LogP contribution in [0, 0.1) is 19.3 Å². The maximum atomic E-state index is 14.7. The zero-order valence-corrected chi connectivity index (χ0v) is 32.9. The molecular formula is C43H46BrN7O3. The zero-order valence-electron chi connectivity index (χ0n) is 31.3. The zero-order chi connectivity index (χ0) is 37.6. The van der Waals surface area contributed by atoms with Crippen LogP contribution in [-0.2, 0) is 41.8 Å². The van der Waals surface area contributed by atoms with Crippen molar-refractivity contribution in [2.75, 3.05) is 0 Å². The van der Waals surface area contributed by atoms with E-state index in [-0.39, 0.29) is 41.9 Å². The summed E-state index contributed by atoms with van der Waals surface area (Å²) >= 11 is 3.47. The van der Waals surface area contributed by atoms with Gasteiger partial charge in [-0.15, -0.1) is 0 Å². The number of hydrogen-bond donors (Lipinski definition) is 0. The number of aromatic nitrogens is 6. The first-order chi connectivity index (χ1) is 26.1. The van der Waals surface area contributed by atoms with Gasteiger partial charge in [-0.05, 0) is 134 Å². The lowest BCUT2D eigenvalue weighted by atomic mass is 9.90. The van der Waals surface area contributed by atoms with Gasteiger partial charge in [0, 0.05) is 47.7 Å². The van der Waals surface area contributed by atoms with Crippen LogP contribution in [0.25, 0.3) is 22.0 Å². The number of hydrogen-bond acceptors (Lipinski definition) is 8. The molecule has 1 aliphatic carbocycles. The number of ketones is 2. The predicted octanol–water partition coefficient (Wildman–Crippen LogP) is 7.72. The van der Waals surface area contributed by atoms with Crippen LogP contribution in [-0.4, -0.2) is 64.2 Å². The lowest BCUT2D eigenvalue weighted by Crippen LogP contribution is -2.45. The fourth-order valence-corrected chi connectivity index (χ4v) is 9.20. The van der Waals surface area contributed by atoms with Crippen molar-refractivity contribution in [1.82, 2.24) is 34.6 Å². The molecule has 10 nitrogen and oxygen atoms in total. The Hall–Kier alpha value is -4.64. The maximum Gasteiger partial charge on any atom is 0.245 e. The fourth-order valence-electron chi connectivity index (χ4n) is 8.86. The maximum absolute atomic E-state index is 14.7. The lowest BCUT2D eigenvalue weighted by molar-refractivity contribution is -0.139. The number of amides is 1. The van der Waals surface area contributed by atoms with Gasteiger partial charge in [0.25, 0.3) is 0 Å². The van der Waals surface area contributed by atoms with E-state index in [1.807, 2.05) is 49.3 Å². The third-order valence-corrected chi connectivity index (χ3v) is 12.3. The third kappa shape index (κ3) is 7.27. The number of piperidine rings is 1. The van der Waals surface area contributed by atoms with Gasteiger partial charge in [-0.1, -0.05) is 31.4 Å². The average molecular weight is 789 g/mol. The van der Waals surface area contributed by atoms with Crippen LogP contribution in [0.4, 0.5) is 0 Å². The van der Waals surface area contributed by atoms with E-state index in [4.69, 9.17) is 10.1 Å². The Balaban J connectivity index is 1.18. The largest absolute Gasteiger partial charge is 0.327 e. The van der Waals surface area contributed by atoms with Crippen molar-refractivity contribution < 1.29 is 14.4 Å². The van der Waals surface area contributed by atoms with Crippen molar-refractivity contribution in [3.05, 3.63) is 99.2 Å². The first-order valence-electron chi connectivity index (χ1n) is 19.3. The molecule has 8 rings (SSSR count). The predicted molar refractivity (Wildman–Crippen MR) is 210 cm³/mol. The number of carbonyl (C=O) groups is 3. The van der Waals surface area contributed by atoms with Crippen LogP contribution in [0.15, 0.2) is 59.5 Å². The Labute approximate surface area is 324 Å². The first kappa shape index (κ1) is 36.3. The molecule has 278 valence electrons. The highest BCUT2D eigenvalue weighted by atomic mass is 79.9. The summed E-state index contributed by atoms with van der Waals surface area (Å²) in [5.41, 5.74) is 7.70. The van der Waals surface area contributed by atoms with E-state index in [1.165, 1.54) is 6.92 Å². The van der Waals surface area contributed by atoms with Crippen LogP contribution in [0.3, 0.4) is 0 Å². The first-order valence-corrected chi connectivity index (χ1v) is 20.1. The van der Waals surface area contributed by atoms with Gasteiger partial charge in [0.1, 0.15) is 22.7 Å². The van der Waals surface area contributed by atoms with E-state index in [9.17, 15) is 14.4 Å². The van der Waals surface area contributed by atoms with E-state index in [0.717, 1.165) is 114 Å². The molecule has 6 heterocycles. The van der Waals surface area contributed by atoms with Crippen molar-refractivity contribution >= 4 is 44.3 Å². The molecule has 1 saturated heterocycles. The summed E-state index contributed by atoms with van der Waals surface area (Å²) in [4.78, 5) is 62.6. The van der Waals surface area contributed by atoms with Gasteiger partial charge in [-0.25, -0.2) is 15.0 Å². The number of nitrogens with zero attached hydrogens (tertiary/aromatic N) is 7. The minimum Gasteiger partial charge on any atom is -0.327 e. The monoisotopic (exact) mass is 787 g/mol. The van der Waals surface area contributed by atoms with Crippen molar-refractivity contribution in [3.63, 3.8) is 0 Å². The van der Waals surface area contributed by atoms with Gasteiger partial charge < -0.3 is 4.90 Å². The molecule has 0 N–H and O–H groups in total. The van der Waals surface area contributed by atoms with Gasteiger partial charge in [0.05, 0.1) is 23.7 Å². The number of benzene rings is 1. The lowest BCUT2D eigenvalue weighted by Gasteiger charge is -2.27. The van der Waals surface area contributed by atoms with Gasteiger partial charge >= 0.3 is 0 Å². The number of fused-ring (bicyclic) bond motifs is 2. The summed E-state index contributed by atoms with van der Waals surface area (Å²) in [6, 6.07) is 13.7. The van der Waals surface area contributed by atoms with E-state index in [1.54, 1.807) is 4.68 Å².